The van der Waals surface area contributed by atoms with E-state index in [4.69, 9.17) is 4.74 Å². The first-order valence-corrected chi connectivity index (χ1v) is 8.47. The number of rotatable bonds is 2. The molecular weight excluding hydrogens is 296 g/mol. The van der Waals surface area contributed by atoms with Gasteiger partial charge in [0.25, 0.3) is 0 Å². The first kappa shape index (κ1) is 14.9. The van der Waals surface area contributed by atoms with Gasteiger partial charge in [-0.25, -0.2) is 0 Å². The van der Waals surface area contributed by atoms with Crippen molar-refractivity contribution < 1.29 is 9.53 Å². The van der Waals surface area contributed by atoms with Crippen molar-refractivity contribution in [3.63, 3.8) is 0 Å². The van der Waals surface area contributed by atoms with Gasteiger partial charge in [0.1, 0.15) is 11.9 Å². The Kier molecular flexibility index (Phi) is 3.81. The summed E-state index contributed by atoms with van der Waals surface area (Å²) in [4.78, 5) is 12.7. The number of ketones is 1. The van der Waals surface area contributed by atoms with Crippen molar-refractivity contribution in [1.29, 1.82) is 0 Å². The molecule has 0 saturated carbocycles. The second kappa shape index (κ2) is 6.12. The Hall–Kier alpha value is -2.61. The minimum atomic E-state index is -0.189. The van der Waals surface area contributed by atoms with E-state index in [-0.39, 0.29) is 11.9 Å². The van der Waals surface area contributed by atoms with Crippen molar-refractivity contribution in [2.45, 2.75) is 25.9 Å². The van der Waals surface area contributed by atoms with Crippen LogP contribution in [0.15, 0.2) is 77.6 Å². The highest BCUT2D eigenvalue weighted by molar-refractivity contribution is 6.03. The second-order valence-corrected chi connectivity index (χ2v) is 6.65. The standard InChI is InChI=1S/C22H20O2/c1-15-12-19(23)21-18(14-16-8-4-2-5-9-16)22(24-20(21)13-15)17-10-6-3-7-11-17/h2-11,14-15,22H,12-13H2,1H3/b18-14-. The predicted octanol–water partition coefficient (Wildman–Crippen LogP) is 5.09. The van der Waals surface area contributed by atoms with E-state index in [9.17, 15) is 4.79 Å². The van der Waals surface area contributed by atoms with Gasteiger partial charge < -0.3 is 4.74 Å². The van der Waals surface area contributed by atoms with Crippen molar-refractivity contribution in [2.24, 2.45) is 5.92 Å². The molecule has 0 fully saturated rings. The molecule has 2 unspecified atom stereocenters. The van der Waals surface area contributed by atoms with Gasteiger partial charge in [-0.2, -0.15) is 0 Å². The van der Waals surface area contributed by atoms with Gasteiger partial charge in [-0.15, -0.1) is 0 Å². The minimum Gasteiger partial charge on any atom is -0.485 e. The molecule has 4 rings (SSSR count). The lowest BCUT2D eigenvalue weighted by Gasteiger charge is -2.18. The molecule has 1 aliphatic heterocycles. The molecule has 0 radical (unpaired) electrons. The summed E-state index contributed by atoms with van der Waals surface area (Å²) in [5.41, 5.74) is 4.00. The SMILES string of the molecule is CC1CC(=O)C2=C(C1)OC(c1ccccc1)/C2=C\c1ccccc1. The van der Waals surface area contributed by atoms with Crippen LogP contribution in [-0.4, -0.2) is 5.78 Å². The van der Waals surface area contributed by atoms with E-state index in [0.29, 0.717) is 12.3 Å². The van der Waals surface area contributed by atoms with E-state index >= 15 is 0 Å². The smallest absolute Gasteiger partial charge is 0.166 e. The molecule has 2 heteroatoms. The number of Topliss-reactive ketones (excluding diaryl/α,β-unsaturated/α-hetero) is 1. The Balaban J connectivity index is 1.82. The number of benzene rings is 2. The summed E-state index contributed by atoms with van der Waals surface area (Å²) in [6, 6.07) is 20.3. The Bertz CT molecular complexity index is 816. The number of carbonyl (C=O) groups is 1. The first-order valence-electron chi connectivity index (χ1n) is 8.47. The average molecular weight is 316 g/mol. The molecule has 2 aromatic carbocycles. The third-order valence-corrected chi connectivity index (χ3v) is 4.68. The molecule has 1 heterocycles. The molecule has 2 aliphatic rings. The third-order valence-electron chi connectivity index (χ3n) is 4.68. The molecule has 2 atom stereocenters. The third kappa shape index (κ3) is 2.69. The van der Waals surface area contributed by atoms with Crippen molar-refractivity contribution in [3.05, 3.63) is 88.7 Å². The molecule has 24 heavy (non-hydrogen) atoms. The summed E-state index contributed by atoms with van der Waals surface area (Å²) in [5.74, 6) is 1.43. The lowest BCUT2D eigenvalue weighted by molar-refractivity contribution is -0.116. The highest BCUT2D eigenvalue weighted by Gasteiger charge is 2.39. The van der Waals surface area contributed by atoms with Crippen LogP contribution in [0.1, 0.15) is 37.0 Å². The van der Waals surface area contributed by atoms with E-state index in [2.05, 4.69) is 37.3 Å². The van der Waals surface area contributed by atoms with E-state index in [0.717, 1.165) is 34.5 Å². The van der Waals surface area contributed by atoms with Crippen LogP contribution in [0, 0.1) is 5.92 Å². The Morgan fingerprint density at radius 1 is 0.958 bits per heavy atom. The lowest BCUT2D eigenvalue weighted by Crippen LogP contribution is -2.16. The summed E-state index contributed by atoms with van der Waals surface area (Å²) in [6.45, 7) is 2.11. The fraction of sp³-hybridized carbons (Fsp3) is 0.227. The summed E-state index contributed by atoms with van der Waals surface area (Å²) in [7, 11) is 0. The zero-order valence-corrected chi connectivity index (χ0v) is 13.7. The zero-order valence-electron chi connectivity index (χ0n) is 13.7. The molecule has 0 aromatic heterocycles. The molecule has 0 N–H and O–H groups in total. The fourth-order valence-electron chi connectivity index (χ4n) is 3.58. The van der Waals surface area contributed by atoms with Crippen molar-refractivity contribution in [2.75, 3.05) is 0 Å². The molecule has 0 spiro atoms. The van der Waals surface area contributed by atoms with Gasteiger partial charge in [-0.3, -0.25) is 4.79 Å². The predicted molar refractivity (Wildman–Crippen MR) is 95.1 cm³/mol. The van der Waals surface area contributed by atoms with Crippen LogP contribution in [0.25, 0.3) is 6.08 Å². The zero-order chi connectivity index (χ0) is 16.5. The van der Waals surface area contributed by atoms with Gasteiger partial charge in [-0.05, 0) is 23.1 Å². The molecule has 0 bridgehead atoms. The van der Waals surface area contributed by atoms with Gasteiger partial charge in [0.2, 0.25) is 0 Å². The number of carbonyl (C=O) groups excluding carboxylic acids is 1. The second-order valence-electron chi connectivity index (χ2n) is 6.65. The largest absolute Gasteiger partial charge is 0.485 e. The van der Waals surface area contributed by atoms with Crippen LogP contribution < -0.4 is 0 Å². The summed E-state index contributed by atoms with van der Waals surface area (Å²) < 4.78 is 6.27. The Morgan fingerprint density at radius 2 is 1.62 bits per heavy atom. The van der Waals surface area contributed by atoms with Crippen molar-refractivity contribution >= 4 is 11.9 Å². The van der Waals surface area contributed by atoms with Gasteiger partial charge >= 0.3 is 0 Å². The first-order chi connectivity index (χ1) is 11.7. The molecule has 0 amide bonds. The van der Waals surface area contributed by atoms with Gasteiger partial charge in [0, 0.05) is 18.4 Å². The summed E-state index contributed by atoms with van der Waals surface area (Å²) in [6.07, 6.45) is 3.37. The topological polar surface area (TPSA) is 26.3 Å². The summed E-state index contributed by atoms with van der Waals surface area (Å²) >= 11 is 0. The van der Waals surface area contributed by atoms with Gasteiger partial charge in [0.15, 0.2) is 5.78 Å². The maximum Gasteiger partial charge on any atom is 0.166 e. The maximum atomic E-state index is 12.7. The maximum absolute atomic E-state index is 12.7. The average Bonchev–Trinajstić information content (AvgIpc) is 2.95. The fourth-order valence-corrected chi connectivity index (χ4v) is 3.58. The molecular formula is C22H20O2. The molecule has 2 aromatic rings. The van der Waals surface area contributed by atoms with Crippen molar-refractivity contribution in [3.8, 4) is 0 Å². The minimum absolute atomic E-state index is 0.189. The van der Waals surface area contributed by atoms with Crippen LogP contribution in [0.3, 0.4) is 0 Å². The molecule has 120 valence electrons. The van der Waals surface area contributed by atoms with Crippen LogP contribution in [-0.2, 0) is 9.53 Å². The van der Waals surface area contributed by atoms with E-state index in [1.165, 1.54) is 0 Å². The van der Waals surface area contributed by atoms with Crippen LogP contribution in [0.5, 0.6) is 0 Å². The van der Waals surface area contributed by atoms with E-state index in [1.807, 2.05) is 36.4 Å². The lowest BCUT2D eigenvalue weighted by atomic mass is 9.84. The van der Waals surface area contributed by atoms with Crippen LogP contribution in [0.2, 0.25) is 0 Å². The number of hydrogen-bond donors (Lipinski definition) is 0. The van der Waals surface area contributed by atoms with Crippen LogP contribution >= 0.6 is 0 Å². The van der Waals surface area contributed by atoms with E-state index < -0.39 is 0 Å². The van der Waals surface area contributed by atoms with Crippen LogP contribution in [0.4, 0.5) is 0 Å². The van der Waals surface area contributed by atoms with Gasteiger partial charge in [0.05, 0.1) is 5.57 Å². The summed E-state index contributed by atoms with van der Waals surface area (Å²) in [5, 5.41) is 0. The molecule has 2 nitrogen and oxygen atoms in total. The number of ether oxygens (including phenoxy) is 1. The highest BCUT2D eigenvalue weighted by atomic mass is 16.5. The monoisotopic (exact) mass is 316 g/mol. The number of allylic oxidation sites excluding steroid dienone is 1. The molecule has 0 saturated heterocycles. The van der Waals surface area contributed by atoms with Gasteiger partial charge in [-0.1, -0.05) is 67.6 Å². The quantitative estimate of drug-likeness (QED) is 0.771. The van der Waals surface area contributed by atoms with Crippen molar-refractivity contribution in [1.82, 2.24) is 0 Å². The number of hydrogen-bond acceptors (Lipinski definition) is 2. The molecule has 1 aliphatic carbocycles. The highest BCUT2D eigenvalue weighted by Crippen LogP contribution is 2.47. The normalized spacial score (nSPS) is 24.9. The Morgan fingerprint density at radius 3 is 2.33 bits per heavy atom. The van der Waals surface area contributed by atoms with E-state index in [1.54, 1.807) is 0 Å². The Labute approximate surface area is 142 Å².